The summed E-state index contributed by atoms with van der Waals surface area (Å²) in [5.74, 6) is -1.18. The highest BCUT2D eigenvalue weighted by atomic mass is 16.2. The highest BCUT2D eigenvalue weighted by molar-refractivity contribution is 6.05. The Morgan fingerprint density at radius 1 is 0.889 bits per heavy atom. The van der Waals surface area contributed by atoms with E-state index in [0.717, 1.165) is 16.5 Å². The van der Waals surface area contributed by atoms with Crippen LogP contribution in [0.1, 0.15) is 26.3 Å². The van der Waals surface area contributed by atoms with E-state index in [1.165, 1.54) is 0 Å². The molecule has 0 aliphatic carbocycles. The summed E-state index contributed by atoms with van der Waals surface area (Å²) < 4.78 is 0. The van der Waals surface area contributed by atoms with Crippen molar-refractivity contribution in [2.24, 2.45) is 5.73 Å². The lowest BCUT2D eigenvalue weighted by atomic mass is 10.1. The standard InChI is InChI=1S/C20H18N4O3/c21-18(25)12-24-19(26)14-7-5-13(6-8-14)11-23-20(27)16-9-10-22-17-4-2-1-3-15(16)17/h1-10H,11-12H2,(H2,21,25)(H,23,27)(H,24,26). The third-order valence-electron chi connectivity index (χ3n) is 3.99. The van der Waals surface area contributed by atoms with E-state index in [-0.39, 0.29) is 18.4 Å². The molecule has 0 atom stereocenters. The van der Waals surface area contributed by atoms with E-state index in [1.54, 1.807) is 36.5 Å². The van der Waals surface area contributed by atoms with Crippen LogP contribution in [0, 0.1) is 0 Å². The number of amides is 3. The lowest BCUT2D eigenvalue weighted by Gasteiger charge is -2.08. The summed E-state index contributed by atoms with van der Waals surface area (Å²) in [4.78, 5) is 39.3. The molecule has 7 heteroatoms. The highest BCUT2D eigenvalue weighted by Gasteiger charge is 2.10. The molecule has 3 amide bonds. The lowest BCUT2D eigenvalue weighted by molar-refractivity contribution is -0.117. The number of pyridine rings is 1. The van der Waals surface area contributed by atoms with E-state index >= 15 is 0 Å². The molecule has 2 aromatic carbocycles. The van der Waals surface area contributed by atoms with Crippen molar-refractivity contribution in [1.29, 1.82) is 0 Å². The second-order valence-electron chi connectivity index (χ2n) is 5.90. The van der Waals surface area contributed by atoms with Gasteiger partial charge in [-0.3, -0.25) is 19.4 Å². The quantitative estimate of drug-likeness (QED) is 0.614. The van der Waals surface area contributed by atoms with Gasteiger partial charge in [0.25, 0.3) is 11.8 Å². The lowest BCUT2D eigenvalue weighted by Crippen LogP contribution is -2.33. The van der Waals surface area contributed by atoms with Crippen LogP contribution in [0.4, 0.5) is 0 Å². The van der Waals surface area contributed by atoms with E-state index in [0.29, 0.717) is 17.7 Å². The van der Waals surface area contributed by atoms with E-state index in [4.69, 9.17) is 5.73 Å². The Morgan fingerprint density at radius 2 is 1.63 bits per heavy atom. The van der Waals surface area contributed by atoms with Crippen molar-refractivity contribution in [1.82, 2.24) is 15.6 Å². The molecule has 0 bridgehead atoms. The maximum Gasteiger partial charge on any atom is 0.252 e. The fraction of sp³-hybridized carbons (Fsp3) is 0.100. The monoisotopic (exact) mass is 362 g/mol. The minimum atomic E-state index is -0.605. The third kappa shape index (κ3) is 4.46. The van der Waals surface area contributed by atoms with Crippen LogP contribution >= 0.6 is 0 Å². The molecular weight excluding hydrogens is 344 g/mol. The molecule has 3 aromatic rings. The van der Waals surface area contributed by atoms with Gasteiger partial charge in [0.2, 0.25) is 5.91 Å². The number of hydrogen-bond acceptors (Lipinski definition) is 4. The third-order valence-corrected chi connectivity index (χ3v) is 3.99. The fourth-order valence-electron chi connectivity index (χ4n) is 2.61. The second-order valence-corrected chi connectivity index (χ2v) is 5.90. The minimum absolute atomic E-state index is 0.197. The number of aromatic nitrogens is 1. The first-order chi connectivity index (χ1) is 13.0. The number of rotatable bonds is 6. The molecule has 0 radical (unpaired) electrons. The average Bonchev–Trinajstić information content (AvgIpc) is 2.70. The van der Waals surface area contributed by atoms with Gasteiger partial charge in [0.15, 0.2) is 0 Å². The van der Waals surface area contributed by atoms with Crippen LogP contribution in [-0.2, 0) is 11.3 Å². The summed E-state index contributed by atoms with van der Waals surface area (Å²) in [7, 11) is 0. The number of primary amides is 1. The van der Waals surface area contributed by atoms with Gasteiger partial charge in [-0.15, -0.1) is 0 Å². The maximum atomic E-state index is 12.5. The Hall–Kier alpha value is -3.74. The topological polar surface area (TPSA) is 114 Å². The number of benzene rings is 2. The van der Waals surface area contributed by atoms with Gasteiger partial charge in [0.05, 0.1) is 17.6 Å². The first kappa shape index (κ1) is 18.1. The molecule has 1 aromatic heterocycles. The van der Waals surface area contributed by atoms with Gasteiger partial charge in [-0.2, -0.15) is 0 Å². The van der Waals surface area contributed by atoms with Crippen molar-refractivity contribution in [2.45, 2.75) is 6.54 Å². The number of para-hydroxylation sites is 1. The van der Waals surface area contributed by atoms with Crippen molar-refractivity contribution >= 4 is 28.6 Å². The largest absolute Gasteiger partial charge is 0.368 e. The summed E-state index contributed by atoms with van der Waals surface area (Å²) in [6.45, 7) is 0.106. The van der Waals surface area contributed by atoms with Crippen LogP contribution in [0.15, 0.2) is 60.8 Å². The number of nitrogens with one attached hydrogen (secondary N) is 2. The Kier molecular flexibility index (Phi) is 5.41. The normalized spacial score (nSPS) is 10.4. The average molecular weight is 362 g/mol. The van der Waals surface area contributed by atoms with Crippen molar-refractivity contribution in [2.75, 3.05) is 6.54 Å². The van der Waals surface area contributed by atoms with Gasteiger partial charge < -0.3 is 16.4 Å². The molecule has 0 saturated heterocycles. The van der Waals surface area contributed by atoms with Crippen LogP contribution in [0.3, 0.4) is 0 Å². The number of carbonyl (C=O) groups is 3. The van der Waals surface area contributed by atoms with Crippen LogP contribution in [0.25, 0.3) is 10.9 Å². The zero-order chi connectivity index (χ0) is 19.2. The number of hydrogen-bond donors (Lipinski definition) is 3. The van der Waals surface area contributed by atoms with Gasteiger partial charge in [0, 0.05) is 23.7 Å². The summed E-state index contributed by atoms with van der Waals surface area (Å²) >= 11 is 0. The van der Waals surface area contributed by atoms with Crippen LogP contribution < -0.4 is 16.4 Å². The minimum Gasteiger partial charge on any atom is -0.368 e. The van der Waals surface area contributed by atoms with Gasteiger partial charge in [-0.1, -0.05) is 30.3 Å². The van der Waals surface area contributed by atoms with Crippen LogP contribution in [0.2, 0.25) is 0 Å². The van der Waals surface area contributed by atoms with Crippen LogP contribution in [-0.4, -0.2) is 29.3 Å². The first-order valence-electron chi connectivity index (χ1n) is 8.32. The predicted octanol–water partition coefficient (Wildman–Crippen LogP) is 1.38. The molecule has 0 aliphatic rings. The summed E-state index contributed by atoms with van der Waals surface area (Å²) in [6, 6.07) is 15.9. The van der Waals surface area contributed by atoms with Gasteiger partial charge in [-0.25, -0.2) is 0 Å². The van der Waals surface area contributed by atoms with Crippen molar-refractivity contribution in [3.8, 4) is 0 Å². The second kappa shape index (κ2) is 8.09. The molecule has 0 aliphatic heterocycles. The Labute approximate surface area is 155 Å². The summed E-state index contributed by atoms with van der Waals surface area (Å²) in [6.07, 6.45) is 1.61. The maximum absolute atomic E-state index is 12.5. The highest BCUT2D eigenvalue weighted by Crippen LogP contribution is 2.16. The Morgan fingerprint density at radius 3 is 2.37 bits per heavy atom. The molecule has 1 heterocycles. The molecule has 136 valence electrons. The smallest absolute Gasteiger partial charge is 0.252 e. The molecule has 0 fully saturated rings. The zero-order valence-corrected chi connectivity index (χ0v) is 14.4. The first-order valence-corrected chi connectivity index (χ1v) is 8.32. The molecule has 3 rings (SSSR count). The number of nitrogens with two attached hydrogens (primary N) is 1. The van der Waals surface area contributed by atoms with E-state index in [9.17, 15) is 14.4 Å². The molecule has 7 nitrogen and oxygen atoms in total. The molecular formula is C20H18N4O3. The summed E-state index contributed by atoms with van der Waals surface area (Å²) in [5.41, 5.74) is 7.56. The number of carbonyl (C=O) groups excluding carboxylic acids is 3. The van der Waals surface area contributed by atoms with Crippen molar-refractivity contribution < 1.29 is 14.4 Å². The van der Waals surface area contributed by atoms with Gasteiger partial charge >= 0.3 is 0 Å². The number of fused-ring (bicyclic) bond motifs is 1. The van der Waals surface area contributed by atoms with Gasteiger partial charge in [-0.05, 0) is 29.8 Å². The Bertz CT molecular complexity index is 994. The predicted molar refractivity (Wildman–Crippen MR) is 101 cm³/mol. The molecule has 0 unspecified atom stereocenters. The van der Waals surface area contributed by atoms with Crippen molar-refractivity contribution in [3.05, 3.63) is 77.5 Å². The van der Waals surface area contributed by atoms with E-state index in [1.807, 2.05) is 24.3 Å². The Balaban J connectivity index is 1.63. The number of nitrogens with zero attached hydrogens (tertiary/aromatic N) is 1. The van der Waals surface area contributed by atoms with Crippen molar-refractivity contribution in [3.63, 3.8) is 0 Å². The molecule has 4 N–H and O–H groups in total. The molecule has 27 heavy (non-hydrogen) atoms. The fourth-order valence-corrected chi connectivity index (χ4v) is 2.61. The SMILES string of the molecule is NC(=O)CNC(=O)c1ccc(CNC(=O)c2ccnc3ccccc23)cc1. The molecule has 0 spiro atoms. The van der Waals surface area contributed by atoms with Gasteiger partial charge in [0.1, 0.15) is 0 Å². The summed E-state index contributed by atoms with van der Waals surface area (Å²) in [5, 5.41) is 6.08. The van der Waals surface area contributed by atoms with Crippen LogP contribution in [0.5, 0.6) is 0 Å². The zero-order valence-electron chi connectivity index (χ0n) is 14.4. The molecule has 0 saturated carbocycles. The van der Waals surface area contributed by atoms with E-state index in [2.05, 4.69) is 15.6 Å². The van der Waals surface area contributed by atoms with E-state index < -0.39 is 5.91 Å².